The Kier molecular flexibility index (Phi) is 6.87. The lowest BCUT2D eigenvalue weighted by atomic mass is 10.0. The van der Waals surface area contributed by atoms with E-state index in [4.69, 9.17) is 4.74 Å². The lowest BCUT2D eigenvalue weighted by Gasteiger charge is -2.11. The molecular formula is C28H27N3O3. The molecule has 4 aromatic rings. The molecule has 1 heterocycles. The van der Waals surface area contributed by atoms with Crippen LogP contribution in [0.2, 0.25) is 0 Å². The van der Waals surface area contributed by atoms with Crippen molar-refractivity contribution in [1.29, 1.82) is 0 Å². The summed E-state index contributed by atoms with van der Waals surface area (Å²) >= 11 is 0. The zero-order valence-corrected chi connectivity index (χ0v) is 19.5. The van der Waals surface area contributed by atoms with Gasteiger partial charge in [0.25, 0.3) is 0 Å². The van der Waals surface area contributed by atoms with Gasteiger partial charge in [-0.15, -0.1) is 0 Å². The molecule has 6 nitrogen and oxygen atoms in total. The van der Waals surface area contributed by atoms with Crippen molar-refractivity contribution >= 4 is 28.9 Å². The Bertz CT molecular complexity index is 1380. The topological polar surface area (TPSA) is 72.7 Å². The van der Waals surface area contributed by atoms with E-state index in [9.17, 15) is 9.59 Å². The van der Waals surface area contributed by atoms with Crippen LogP contribution in [-0.2, 0) is 16.0 Å². The van der Waals surface area contributed by atoms with Crippen LogP contribution in [0.3, 0.4) is 0 Å². The summed E-state index contributed by atoms with van der Waals surface area (Å²) in [6, 6.07) is 23.3. The van der Waals surface area contributed by atoms with Gasteiger partial charge in [-0.25, -0.2) is 10.2 Å². The van der Waals surface area contributed by atoms with Crippen molar-refractivity contribution in [3.05, 3.63) is 101 Å². The molecule has 4 rings (SSSR count). The monoisotopic (exact) mass is 453 g/mol. The van der Waals surface area contributed by atoms with E-state index in [1.807, 2.05) is 85.1 Å². The average molecular weight is 454 g/mol. The molecule has 172 valence electrons. The van der Waals surface area contributed by atoms with Crippen LogP contribution in [0.15, 0.2) is 77.9 Å². The fourth-order valence-corrected chi connectivity index (χ4v) is 4.13. The number of aromatic nitrogens is 1. The second-order valence-electron chi connectivity index (χ2n) is 8.04. The SMILES string of the molecule is CCOC(=O)c1cccc(-n2c(C)cc(/C=N\NC(=O)Cc3cccc4ccccc34)c2C)c1. The third-order valence-electron chi connectivity index (χ3n) is 5.71. The number of hydrazone groups is 1. The van der Waals surface area contributed by atoms with Gasteiger partial charge in [-0.2, -0.15) is 5.10 Å². The summed E-state index contributed by atoms with van der Waals surface area (Å²) in [5.41, 5.74) is 7.78. The summed E-state index contributed by atoms with van der Waals surface area (Å²) in [6.45, 7) is 6.08. The summed E-state index contributed by atoms with van der Waals surface area (Å²) in [6.07, 6.45) is 1.90. The number of fused-ring (bicyclic) bond motifs is 1. The third kappa shape index (κ3) is 4.91. The van der Waals surface area contributed by atoms with Gasteiger partial charge in [0.15, 0.2) is 0 Å². The van der Waals surface area contributed by atoms with E-state index >= 15 is 0 Å². The highest BCUT2D eigenvalue weighted by molar-refractivity contribution is 5.91. The maximum Gasteiger partial charge on any atom is 0.338 e. The van der Waals surface area contributed by atoms with E-state index in [2.05, 4.69) is 10.5 Å². The molecule has 6 heteroatoms. The number of nitrogens with zero attached hydrogens (tertiary/aromatic N) is 2. The predicted molar refractivity (Wildman–Crippen MR) is 135 cm³/mol. The number of carbonyl (C=O) groups excluding carboxylic acids is 2. The number of hydrogen-bond acceptors (Lipinski definition) is 4. The van der Waals surface area contributed by atoms with Crippen molar-refractivity contribution in [2.45, 2.75) is 27.2 Å². The average Bonchev–Trinajstić information content (AvgIpc) is 3.12. The van der Waals surface area contributed by atoms with Crippen molar-refractivity contribution in [3.63, 3.8) is 0 Å². The third-order valence-corrected chi connectivity index (χ3v) is 5.71. The number of benzene rings is 3. The molecule has 1 amide bonds. The Labute approximate surface area is 198 Å². The number of nitrogens with one attached hydrogen (secondary N) is 1. The fraction of sp³-hybridized carbons (Fsp3) is 0.179. The fourth-order valence-electron chi connectivity index (χ4n) is 4.13. The zero-order chi connectivity index (χ0) is 24.1. The number of hydrogen-bond donors (Lipinski definition) is 1. The highest BCUT2D eigenvalue weighted by Crippen LogP contribution is 2.21. The molecule has 0 bridgehead atoms. The number of rotatable bonds is 7. The Hall–Kier alpha value is -4.19. The van der Waals surface area contributed by atoms with Crippen LogP contribution in [0.4, 0.5) is 0 Å². The van der Waals surface area contributed by atoms with Crippen LogP contribution in [-0.4, -0.2) is 29.3 Å². The highest BCUT2D eigenvalue weighted by Gasteiger charge is 2.13. The quantitative estimate of drug-likeness (QED) is 0.240. The van der Waals surface area contributed by atoms with Gasteiger partial charge in [0, 0.05) is 22.6 Å². The van der Waals surface area contributed by atoms with E-state index in [0.717, 1.165) is 39.0 Å². The summed E-state index contributed by atoms with van der Waals surface area (Å²) < 4.78 is 7.16. The van der Waals surface area contributed by atoms with Gasteiger partial charge in [0.1, 0.15) is 0 Å². The first-order valence-corrected chi connectivity index (χ1v) is 11.2. The smallest absolute Gasteiger partial charge is 0.338 e. The van der Waals surface area contributed by atoms with Crippen molar-refractivity contribution in [2.75, 3.05) is 6.61 Å². The maximum atomic E-state index is 12.5. The number of carbonyl (C=O) groups is 2. The Morgan fingerprint density at radius 1 is 1.00 bits per heavy atom. The molecular weight excluding hydrogens is 426 g/mol. The lowest BCUT2D eigenvalue weighted by molar-refractivity contribution is -0.120. The van der Waals surface area contributed by atoms with Gasteiger partial charge in [-0.3, -0.25) is 4.79 Å². The molecule has 0 fully saturated rings. The minimum atomic E-state index is -0.345. The first-order chi connectivity index (χ1) is 16.5. The molecule has 0 saturated heterocycles. The highest BCUT2D eigenvalue weighted by atomic mass is 16.5. The molecule has 0 aliphatic heterocycles. The van der Waals surface area contributed by atoms with Crippen LogP contribution in [0.25, 0.3) is 16.5 Å². The summed E-state index contributed by atoms with van der Waals surface area (Å²) in [5, 5.41) is 6.36. The lowest BCUT2D eigenvalue weighted by Crippen LogP contribution is -2.19. The van der Waals surface area contributed by atoms with Gasteiger partial charge >= 0.3 is 5.97 Å². The summed E-state index contributed by atoms with van der Waals surface area (Å²) in [5.74, 6) is -0.522. The molecule has 0 saturated carbocycles. The molecule has 0 aliphatic rings. The molecule has 0 spiro atoms. The largest absolute Gasteiger partial charge is 0.462 e. The minimum absolute atomic E-state index is 0.177. The second kappa shape index (κ2) is 10.2. The van der Waals surface area contributed by atoms with Gasteiger partial charge in [0.05, 0.1) is 24.8 Å². The van der Waals surface area contributed by atoms with E-state index in [1.54, 1.807) is 19.2 Å². The van der Waals surface area contributed by atoms with E-state index in [1.165, 1.54) is 0 Å². The Morgan fingerprint density at radius 3 is 2.59 bits per heavy atom. The van der Waals surface area contributed by atoms with E-state index < -0.39 is 0 Å². The second-order valence-corrected chi connectivity index (χ2v) is 8.04. The molecule has 0 aliphatic carbocycles. The van der Waals surface area contributed by atoms with Crippen LogP contribution >= 0.6 is 0 Å². The molecule has 1 aromatic heterocycles. The molecule has 34 heavy (non-hydrogen) atoms. The molecule has 0 unspecified atom stereocenters. The van der Waals surface area contributed by atoms with Crippen LogP contribution in [0, 0.1) is 13.8 Å². The molecule has 1 N–H and O–H groups in total. The van der Waals surface area contributed by atoms with Crippen molar-refractivity contribution in [1.82, 2.24) is 9.99 Å². The first kappa shape index (κ1) is 23.0. The minimum Gasteiger partial charge on any atom is -0.462 e. The van der Waals surface area contributed by atoms with E-state index in [0.29, 0.717) is 12.2 Å². The van der Waals surface area contributed by atoms with E-state index in [-0.39, 0.29) is 18.3 Å². The number of ether oxygens (including phenoxy) is 1. The Morgan fingerprint density at radius 2 is 1.76 bits per heavy atom. The standard InChI is InChI=1S/C28H27N3O3/c1-4-34-28(33)23-12-8-13-25(16-23)31-19(2)15-24(20(31)3)18-29-30-27(32)17-22-11-7-10-21-9-5-6-14-26(21)22/h5-16,18H,4,17H2,1-3H3,(H,30,32)/b29-18-. The van der Waals surface area contributed by atoms with Crippen molar-refractivity contribution in [3.8, 4) is 5.69 Å². The predicted octanol–water partition coefficient (Wildman–Crippen LogP) is 5.12. The number of amides is 1. The summed E-state index contributed by atoms with van der Waals surface area (Å²) in [7, 11) is 0. The van der Waals surface area contributed by atoms with Gasteiger partial charge in [-0.1, -0.05) is 48.5 Å². The van der Waals surface area contributed by atoms with Gasteiger partial charge in [0.2, 0.25) is 5.91 Å². The zero-order valence-electron chi connectivity index (χ0n) is 19.5. The summed E-state index contributed by atoms with van der Waals surface area (Å²) in [4.78, 5) is 24.6. The van der Waals surface area contributed by atoms with Crippen LogP contribution in [0.5, 0.6) is 0 Å². The van der Waals surface area contributed by atoms with Crippen molar-refractivity contribution < 1.29 is 14.3 Å². The van der Waals surface area contributed by atoms with Crippen LogP contribution in [0.1, 0.15) is 39.8 Å². The van der Waals surface area contributed by atoms with Crippen LogP contribution < -0.4 is 5.43 Å². The first-order valence-electron chi connectivity index (χ1n) is 11.2. The van der Waals surface area contributed by atoms with Gasteiger partial charge < -0.3 is 9.30 Å². The number of aryl methyl sites for hydroxylation is 1. The van der Waals surface area contributed by atoms with Crippen molar-refractivity contribution in [2.24, 2.45) is 5.10 Å². The maximum absolute atomic E-state index is 12.5. The molecule has 0 radical (unpaired) electrons. The Balaban J connectivity index is 1.48. The van der Waals surface area contributed by atoms with Gasteiger partial charge in [-0.05, 0) is 61.4 Å². The molecule has 0 atom stereocenters. The molecule has 3 aromatic carbocycles. The normalized spacial score (nSPS) is 11.1. The number of esters is 1.